The van der Waals surface area contributed by atoms with Crippen LogP contribution in [0.5, 0.6) is 0 Å². The van der Waals surface area contributed by atoms with Crippen molar-refractivity contribution in [3.05, 3.63) is 63.3 Å². The number of hydrogen-bond acceptors (Lipinski definition) is 6. The third kappa shape index (κ3) is 5.07. The first-order valence-electron chi connectivity index (χ1n) is 9.35. The van der Waals surface area contributed by atoms with Crippen LogP contribution in [0.3, 0.4) is 0 Å². The topological polar surface area (TPSA) is 75.2 Å². The predicted octanol–water partition coefficient (Wildman–Crippen LogP) is 4.46. The van der Waals surface area contributed by atoms with Gasteiger partial charge in [0, 0.05) is 21.5 Å². The lowest BCUT2D eigenvalue weighted by Gasteiger charge is -2.32. The highest BCUT2D eigenvalue weighted by Crippen LogP contribution is 2.33. The molecule has 0 radical (unpaired) electrons. The molecule has 1 atom stereocenters. The number of anilines is 1. The van der Waals surface area contributed by atoms with Gasteiger partial charge < -0.3 is 5.32 Å². The molecule has 3 aromatic rings. The van der Waals surface area contributed by atoms with Crippen molar-refractivity contribution < 1.29 is 9.59 Å². The Kier molecular flexibility index (Phi) is 6.44. The van der Waals surface area contributed by atoms with Crippen molar-refractivity contribution in [2.24, 2.45) is 0 Å². The Morgan fingerprint density at radius 3 is 2.59 bits per heavy atom. The van der Waals surface area contributed by atoms with Gasteiger partial charge in [0.1, 0.15) is 0 Å². The molecular formula is C21H24N4O2S2. The van der Waals surface area contributed by atoms with Gasteiger partial charge in [0.15, 0.2) is 11.7 Å². The Morgan fingerprint density at radius 1 is 1.21 bits per heavy atom. The van der Waals surface area contributed by atoms with E-state index in [1.807, 2.05) is 62.5 Å². The Bertz CT molecular complexity index is 963. The van der Waals surface area contributed by atoms with Crippen LogP contribution in [-0.2, 0) is 11.2 Å². The molecule has 8 heteroatoms. The summed E-state index contributed by atoms with van der Waals surface area (Å²) in [6, 6.07) is 10.7. The van der Waals surface area contributed by atoms with E-state index in [2.05, 4.69) is 21.8 Å². The summed E-state index contributed by atoms with van der Waals surface area (Å²) in [6.07, 6.45) is 0.825. The van der Waals surface area contributed by atoms with E-state index in [1.54, 1.807) is 5.38 Å². The second kappa shape index (κ2) is 8.84. The first kappa shape index (κ1) is 21.1. The Hall–Kier alpha value is -2.58. The molecule has 2 amide bonds. The highest BCUT2D eigenvalue weighted by atomic mass is 32.1. The summed E-state index contributed by atoms with van der Waals surface area (Å²) < 4.78 is 3.83. The molecule has 0 bridgehead atoms. The highest BCUT2D eigenvalue weighted by molar-refractivity contribution is 7.10. The lowest BCUT2D eigenvalue weighted by molar-refractivity contribution is -0.123. The number of aromatic nitrogens is 2. The molecule has 0 saturated carbocycles. The Balaban J connectivity index is 2.14. The maximum absolute atomic E-state index is 13.5. The fraction of sp³-hybridized carbons (Fsp3) is 0.333. The van der Waals surface area contributed by atoms with Crippen molar-refractivity contribution in [1.29, 1.82) is 0 Å². The van der Waals surface area contributed by atoms with E-state index in [1.165, 1.54) is 16.2 Å². The van der Waals surface area contributed by atoms with Crippen LogP contribution in [0.15, 0.2) is 47.2 Å². The number of benzene rings is 1. The zero-order chi connectivity index (χ0) is 21.0. The number of thiophene rings is 1. The molecule has 0 fully saturated rings. The van der Waals surface area contributed by atoms with Crippen molar-refractivity contribution in [3.8, 4) is 0 Å². The average Bonchev–Trinajstić information content (AvgIpc) is 3.37. The van der Waals surface area contributed by atoms with E-state index in [-0.39, 0.29) is 17.5 Å². The summed E-state index contributed by atoms with van der Waals surface area (Å²) in [4.78, 5) is 29.1. The first-order chi connectivity index (χ1) is 13.8. The lowest BCUT2D eigenvalue weighted by Crippen LogP contribution is -2.49. The highest BCUT2D eigenvalue weighted by Gasteiger charge is 2.36. The van der Waals surface area contributed by atoms with Crippen molar-refractivity contribution in [2.75, 3.05) is 4.90 Å². The van der Waals surface area contributed by atoms with E-state index in [4.69, 9.17) is 0 Å². The number of aryl methyl sites for hydroxylation is 1. The number of carbonyl (C=O) groups is 2. The zero-order valence-electron chi connectivity index (χ0n) is 16.9. The van der Waals surface area contributed by atoms with Gasteiger partial charge in [0.05, 0.1) is 0 Å². The normalized spacial score (nSPS) is 12.4. The molecule has 0 saturated heterocycles. The standard InChI is InChI=1S/C21H24N4O2S2/c1-5-14-8-6-9-15(12-14)25(20(27)16-13-29-24-23-16)18(17-10-7-11-28-17)19(26)22-21(2,3)4/h6-13,18H,5H2,1-4H3,(H,22,26)/t18-/m1/s1. The van der Waals surface area contributed by atoms with Gasteiger partial charge in [-0.15, -0.1) is 16.4 Å². The maximum Gasteiger partial charge on any atom is 0.280 e. The minimum atomic E-state index is -0.810. The van der Waals surface area contributed by atoms with Gasteiger partial charge in [0.25, 0.3) is 5.91 Å². The van der Waals surface area contributed by atoms with Crippen LogP contribution >= 0.6 is 22.9 Å². The molecule has 1 N–H and O–H groups in total. The van der Waals surface area contributed by atoms with Gasteiger partial charge in [-0.2, -0.15) is 0 Å². The van der Waals surface area contributed by atoms with Crippen molar-refractivity contribution in [3.63, 3.8) is 0 Å². The van der Waals surface area contributed by atoms with E-state index >= 15 is 0 Å². The molecular weight excluding hydrogens is 404 g/mol. The van der Waals surface area contributed by atoms with Crippen molar-refractivity contribution in [1.82, 2.24) is 14.9 Å². The van der Waals surface area contributed by atoms with Crippen LogP contribution in [0.4, 0.5) is 5.69 Å². The molecule has 2 aromatic heterocycles. The molecule has 0 aliphatic heterocycles. The lowest BCUT2D eigenvalue weighted by atomic mass is 10.0. The summed E-state index contributed by atoms with van der Waals surface area (Å²) in [5.41, 5.74) is 1.53. The summed E-state index contributed by atoms with van der Waals surface area (Å²) in [7, 11) is 0. The fourth-order valence-corrected chi connectivity index (χ4v) is 4.19. The zero-order valence-corrected chi connectivity index (χ0v) is 18.5. The molecule has 2 heterocycles. The van der Waals surface area contributed by atoms with Crippen molar-refractivity contribution >= 4 is 40.4 Å². The minimum Gasteiger partial charge on any atom is -0.349 e. The largest absolute Gasteiger partial charge is 0.349 e. The minimum absolute atomic E-state index is 0.224. The van der Waals surface area contributed by atoms with Crippen LogP contribution < -0.4 is 10.2 Å². The smallest absolute Gasteiger partial charge is 0.280 e. The monoisotopic (exact) mass is 428 g/mol. The fourth-order valence-electron chi connectivity index (χ4n) is 2.95. The molecule has 3 rings (SSSR count). The number of rotatable bonds is 6. The number of amides is 2. The number of nitrogens with one attached hydrogen (secondary N) is 1. The number of nitrogens with zero attached hydrogens (tertiary/aromatic N) is 3. The SMILES string of the molecule is CCc1cccc(N(C(=O)c2csnn2)[C@@H](C(=O)NC(C)(C)C)c2cccs2)c1. The third-order valence-electron chi connectivity index (χ3n) is 4.21. The predicted molar refractivity (Wildman–Crippen MR) is 117 cm³/mol. The molecule has 152 valence electrons. The van der Waals surface area contributed by atoms with Crippen LogP contribution in [0, 0.1) is 0 Å². The van der Waals surface area contributed by atoms with Crippen LogP contribution in [0.1, 0.15) is 54.7 Å². The summed E-state index contributed by atoms with van der Waals surface area (Å²) in [5.74, 6) is -0.590. The van der Waals surface area contributed by atoms with Crippen LogP contribution in [-0.4, -0.2) is 26.9 Å². The molecule has 6 nitrogen and oxygen atoms in total. The van der Waals surface area contributed by atoms with E-state index in [0.29, 0.717) is 5.69 Å². The molecule has 0 spiro atoms. The molecule has 0 aliphatic carbocycles. The van der Waals surface area contributed by atoms with Crippen LogP contribution in [0.25, 0.3) is 0 Å². The summed E-state index contributed by atoms with van der Waals surface area (Å²) in [6.45, 7) is 7.82. The first-order valence-corrected chi connectivity index (χ1v) is 11.1. The van der Waals surface area contributed by atoms with E-state index in [9.17, 15) is 9.59 Å². The van der Waals surface area contributed by atoms with Crippen molar-refractivity contribution in [2.45, 2.75) is 45.7 Å². The summed E-state index contributed by atoms with van der Waals surface area (Å²) >= 11 is 2.55. The Morgan fingerprint density at radius 2 is 2.00 bits per heavy atom. The van der Waals surface area contributed by atoms with E-state index < -0.39 is 11.6 Å². The number of hydrogen-bond donors (Lipinski definition) is 1. The number of carbonyl (C=O) groups excluding carboxylic acids is 2. The van der Waals surface area contributed by atoms with Gasteiger partial charge >= 0.3 is 0 Å². The quantitative estimate of drug-likeness (QED) is 0.629. The summed E-state index contributed by atoms with van der Waals surface area (Å²) in [5, 5.41) is 10.5. The second-order valence-corrected chi connectivity index (χ2v) is 9.24. The third-order valence-corrected chi connectivity index (χ3v) is 5.64. The van der Waals surface area contributed by atoms with Gasteiger partial charge in [-0.05, 0) is 67.9 Å². The van der Waals surface area contributed by atoms with Gasteiger partial charge in [-0.3, -0.25) is 14.5 Å². The molecule has 0 unspecified atom stereocenters. The van der Waals surface area contributed by atoms with Crippen LogP contribution in [0.2, 0.25) is 0 Å². The molecule has 0 aliphatic rings. The average molecular weight is 429 g/mol. The van der Waals surface area contributed by atoms with Gasteiger partial charge in [-0.25, -0.2) is 0 Å². The molecule has 29 heavy (non-hydrogen) atoms. The Labute approximate surface area is 178 Å². The molecule has 1 aromatic carbocycles. The van der Waals surface area contributed by atoms with Gasteiger partial charge in [0.2, 0.25) is 5.91 Å². The van der Waals surface area contributed by atoms with Gasteiger partial charge in [-0.1, -0.05) is 29.6 Å². The maximum atomic E-state index is 13.5. The van der Waals surface area contributed by atoms with E-state index in [0.717, 1.165) is 28.4 Å². The second-order valence-electron chi connectivity index (χ2n) is 7.65.